The van der Waals surface area contributed by atoms with Gasteiger partial charge in [0.1, 0.15) is 0 Å². The van der Waals surface area contributed by atoms with E-state index in [-0.39, 0.29) is 36.0 Å². The maximum atomic E-state index is 11.1. The van der Waals surface area contributed by atoms with Crippen molar-refractivity contribution in [3.63, 3.8) is 0 Å². The summed E-state index contributed by atoms with van der Waals surface area (Å²) >= 11 is 0. The Morgan fingerprint density at radius 1 is 1.62 bits per heavy atom. The highest BCUT2D eigenvalue weighted by Gasteiger charge is 2.01. The summed E-state index contributed by atoms with van der Waals surface area (Å²) in [6, 6.07) is 3.35. The van der Waals surface area contributed by atoms with Crippen molar-refractivity contribution >= 4 is 22.9 Å². The molecule has 0 saturated heterocycles. The second-order valence-corrected chi connectivity index (χ2v) is 2.22. The van der Waals surface area contributed by atoms with Crippen LogP contribution in [0.1, 0.15) is 10.4 Å². The monoisotopic (exact) mass is 246 g/mol. The van der Waals surface area contributed by atoms with Crippen molar-refractivity contribution in [3.05, 3.63) is 30.1 Å². The van der Waals surface area contributed by atoms with Crippen LogP contribution in [0.5, 0.6) is 0 Å². The highest BCUT2D eigenvalue weighted by molar-refractivity contribution is 8.93. The molecule has 4 nitrogen and oxygen atoms in total. The van der Waals surface area contributed by atoms with Crippen molar-refractivity contribution in [1.29, 1.82) is 0 Å². The molecule has 0 radical (unpaired) electrons. The summed E-state index contributed by atoms with van der Waals surface area (Å²) in [6.45, 7) is 0.222. The Labute approximate surface area is 86.8 Å². The van der Waals surface area contributed by atoms with Gasteiger partial charge in [-0.1, -0.05) is 0 Å². The fourth-order valence-electron chi connectivity index (χ4n) is 0.769. The minimum atomic E-state index is -0.211. The lowest BCUT2D eigenvalue weighted by Gasteiger charge is -2.00. The van der Waals surface area contributed by atoms with Crippen molar-refractivity contribution < 1.29 is 9.90 Å². The Balaban J connectivity index is 0.00000144. The van der Waals surface area contributed by atoms with Gasteiger partial charge in [-0.25, -0.2) is 0 Å². The van der Waals surface area contributed by atoms with Crippen LogP contribution in [-0.4, -0.2) is 29.1 Å². The number of aliphatic hydroxyl groups is 1. The van der Waals surface area contributed by atoms with E-state index in [0.717, 1.165) is 0 Å². The van der Waals surface area contributed by atoms with Gasteiger partial charge in [-0.3, -0.25) is 9.78 Å². The molecule has 13 heavy (non-hydrogen) atoms. The number of carbonyl (C=O) groups excluding carboxylic acids is 1. The molecular formula is C8H11BrN2O2. The Kier molecular flexibility index (Phi) is 6.09. The molecule has 1 aromatic heterocycles. The van der Waals surface area contributed by atoms with Crippen LogP contribution in [0.25, 0.3) is 0 Å². The van der Waals surface area contributed by atoms with Crippen LogP contribution in [0.3, 0.4) is 0 Å². The predicted octanol–water partition coefficient (Wildman–Crippen LogP) is 0.382. The van der Waals surface area contributed by atoms with E-state index in [1.807, 2.05) is 0 Å². The van der Waals surface area contributed by atoms with E-state index in [0.29, 0.717) is 5.56 Å². The fraction of sp³-hybridized carbons (Fsp3) is 0.250. The number of rotatable bonds is 3. The van der Waals surface area contributed by atoms with Crippen LogP contribution in [0.4, 0.5) is 0 Å². The van der Waals surface area contributed by atoms with Gasteiger partial charge in [-0.15, -0.1) is 17.0 Å². The van der Waals surface area contributed by atoms with Crippen LogP contribution < -0.4 is 5.32 Å². The standard InChI is InChI=1S/C8H10N2O2.BrH/c11-5-4-10-8(12)7-2-1-3-9-6-7;/h1-3,6,11H,4-5H2,(H,10,12);1H. The van der Waals surface area contributed by atoms with Crippen molar-refractivity contribution in [2.24, 2.45) is 0 Å². The predicted molar refractivity (Wildman–Crippen MR) is 54.0 cm³/mol. The molecule has 1 aromatic rings. The van der Waals surface area contributed by atoms with Crippen LogP contribution in [-0.2, 0) is 0 Å². The zero-order chi connectivity index (χ0) is 8.81. The molecule has 0 fully saturated rings. The van der Waals surface area contributed by atoms with Gasteiger partial charge in [0.15, 0.2) is 0 Å². The third kappa shape index (κ3) is 4.00. The quantitative estimate of drug-likeness (QED) is 0.811. The summed E-state index contributed by atoms with van der Waals surface area (Å²) in [4.78, 5) is 14.9. The van der Waals surface area contributed by atoms with E-state index in [1.165, 1.54) is 6.20 Å². The van der Waals surface area contributed by atoms with E-state index in [9.17, 15) is 4.79 Å². The molecule has 1 heterocycles. The van der Waals surface area contributed by atoms with Gasteiger partial charge < -0.3 is 10.4 Å². The third-order valence-corrected chi connectivity index (χ3v) is 1.32. The largest absolute Gasteiger partial charge is 0.395 e. The molecule has 0 spiro atoms. The summed E-state index contributed by atoms with van der Waals surface area (Å²) in [5.41, 5.74) is 0.506. The van der Waals surface area contributed by atoms with Gasteiger partial charge in [-0.2, -0.15) is 0 Å². The average Bonchev–Trinajstić information content (AvgIpc) is 2.15. The van der Waals surface area contributed by atoms with Gasteiger partial charge in [0.05, 0.1) is 12.2 Å². The Morgan fingerprint density at radius 3 is 2.92 bits per heavy atom. The van der Waals surface area contributed by atoms with E-state index in [4.69, 9.17) is 5.11 Å². The third-order valence-electron chi connectivity index (χ3n) is 1.32. The van der Waals surface area contributed by atoms with Crippen molar-refractivity contribution in [2.45, 2.75) is 0 Å². The van der Waals surface area contributed by atoms with Crippen LogP contribution in [0, 0.1) is 0 Å². The highest BCUT2D eigenvalue weighted by atomic mass is 79.9. The molecule has 72 valence electrons. The number of hydrogen-bond donors (Lipinski definition) is 2. The van der Waals surface area contributed by atoms with Crippen molar-refractivity contribution in [3.8, 4) is 0 Å². The summed E-state index contributed by atoms with van der Waals surface area (Å²) < 4.78 is 0. The normalized spacial score (nSPS) is 8.69. The van der Waals surface area contributed by atoms with E-state index >= 15 is 0 Å². The SMILES string of the molecule is Br.O=C(NCCO)c1cccnc1. The van der Waals surface area contributed by atoms with Gasteiger partial charge in [0.25, 0.3) is 5.91 Å². The number of nitrogens with zero attached hydrogens (tertiary/aromatic N) is 1. The lowest BCUT2D eigenvalue weighted by Crippen LogP contribution is -2.26. The fourth-order valence-corrected chi connectivity index (χ4v) is 0.769. The lowest BCUT2D eigenvalue weighted by molar-refractivity contribution is 0.0944. The van der Waals surface area contributed by atoms with Gasteiger partial charge in [-0.05, 0) is 12.1 Å². The lowest BCUT2D eigenvalue weighted by atomic mass is 10.3. The zero-order valence-corrected chi connectivity index (χ0v) is 8.65. The van der Waals surface area contributed by atoms with Crippen LogP contribution >= 0.6 is 17.0 Å². The summed E-state index contributed by atoms with van der Waals surface area (Å²) in [6.07, 6.45) is 3.08. The smallest absolute Gasteiger partial charge is 0.252 e. The minimum Gasteiger partial charge on any atom is -0.395 e. The zero-order valence-electron chi connectivity index (χ0n) is 6.93. The minimum absolute atomic E-state index is 0. The molecular weight excluding hydrogens is 236 g/mol. The second-order valence-electron chi connectivity index (χ2n) is 2.22. The summed E-state index contributed by atoms with van der Waals surface area (Å²) in [5, 5.41) is 11.0. The highest BCUT2D eigenvalue weighted by Crippen LogP contribution is 1.93. The average molecular weight is 247 g/mol. The molecule has 0 aromatic carbocycles. The van der Waals surface area contributed by atoms with E-state index in [1.54, 1.807) is 18.3 Å². The number of aliphatic hydroxyl groups excluding tert-OH is 1. The van der Waals surface area contributed by atoms with Gasteiger partial charge in [0, 0.05) is 18.9 Å². The maximum absolute atomic E-state index is 11.1. The molecule has 5 heteroatoms. The van der Waals surface area contributed by atoms with E-state index in [2.05, 4.69) is 10.3 Å². The molecule has 2 N–H and O–H groups in total. The molecule has 0 aliphatic carbocycles. The number of hydrogen-bond acceptors (Lipinski definition) is 3. The molecule has 0 saturated carbocycles. The molecule has 1 amide bonds. The molecule has 0 aliphatic heterocycles. The van der Waals surface area contributed by atoms with Crippen molar-refractivity contribution in [2.75, 3.05) is 13.2 Å². The summed E-state index contributed by atoms with van der Waals surface area (Å²) in [5.74, 6) is -0.211. The molecule has 0 unspecified atom stereocenters. The van der Waals surface area contributed by atoms with Crippen LogP contribution in [0.15, 0.2) is 24.5 Å². The number of aromatic nitrogens is 1. The first-order valence-electron chi connectivity index (χ1n) is 3.63. The van der Waals surface area contributed by atoms with Gasteiger partial charge in [0.2, 0.25) is 0 Å². The topological polar surface area (TPSA) is 62.2 Å². The van der Waals surface area contributed by atoms with E-state index < -0.39 is 0 Å². The number of pyridine rings is 1. The molecule has 1 rings (SSSR count). The number of halogens is 1. The van der Waals surface area contributed by atoms with Crippen LogP contribution in [0.2, 0.25) is 0 Å². The summed E-state index contributed by atoms with van der Waals surface area (Å²) in [7, 11) is 0. The Hall–Kier alpha value is -0.940. The first-order valence-corrected chi connectivity index (χ1v) is 3.63. The Morgan fingerprint density at radius 2 is 2.38 bits per heavy atom. The molecule has 0 bridgehead atoms. The number of nitrogens with one attached hydrogen (secondary N) is 1. The Bertz CT molecular complexity index is 254. The first kappa shape index (κ1) is 12.1. The second kappa shape index (κ2) is 6.56. The number of amides is 1. The molecule has 0 aliphatic rings. The van der Waals surface area contributed by atoms with Gasteiger partial charge >= 0.3 is 0 Å². The molecule has 0 atom stereocenters. The number of carbonyl (C=O) groups is 1. The van der Waals surface area contributed by atoms with Crippen molar-refractivity contribution in [1.82, 2.24) is 10.3 Å². The first-order chi connectivity index (χ1) is 5.84. The maximum Gasteiger partial charge on any atom is 0.252 e.